The van der Waals surface area contributed by atoms with E-state index in [9.17, 15) is 31.0 Å². The lowest BCUT2D eigenvalue weighted by atomic mass is 10.0. The fourth-order valence-electron chi connectivity index (χ4n) is 4.72. The SMILES string of the molecule is O=C(O)CCCN(C(=O)c1c2ccccc2[n+](CCCS(=O)(=O)O)c2ccccc12)S(=O)(=O)Cc1ccccc1. The second kappa shape index (κ2) is 12.1. The van der Waals surface area contributed by atoms with Gasteiger partial charge in [0.05, 0.1) is 27.8 Å². The maximum Gasteiger partial charge on any atom is 0.303 e. The zero-order chi connectivity index (χ0) is 28.9. The molecule has 10 nitrogen and oxygen atoms in total. The van der Waals surface area contributed by atoms with E-state index in [0.717, 1.165) is 4.31 Å². The Morgan fingerprint density at radius 1 is 0.775 bits per heavy atom. The van der Waals surface area contributed by atoms with Crippen molar-refractivity contribution >= 4 is 53.8 Å². The average Bonchev–Trinajstić information content (AvgIpc) is 2.90. The van der Waals surface area contributed by atoms with Crippen molar-refractivity contribution in [2.75, 3.05) is 12.3 Å². The van der Waals surface area contributed by atoms with Crippen molar-refractivity contribution in [1.82, 2.24) is 4.31 Å². The molecule has 0 spiro atoms. The summed E-state index contributed by atoms with van der Waals surface area (Å²) in [6.07, 6.45) is -0.264. The Kier molecular flexibility index (Phi) is 8.82. The van der Waals surface area contributed by atoms with E-state index in [-0.39, 0.29) is 37.9 Å². The van der Waals surface area contributed by atoms with Crippen LogP contribution < -0.4 is 4.57 Å². The third-order valence-electron chi connectivity index (χ3n) is 6.43. The highest BCUT2D eigenvalue weighted by molar-refractivity contribution is 7.88. The minimum atomic E-state index is -4.21. The van der Waals surface area contributed by atoms with Gasteiger partial charge in [0.15, 0.2) is 6.54 Å². The predicted octanol–water partition coefficient (Wildman–Crippen LogP) is 3.40. The van der Waals surface area contributed by atoms with Gasteiger partial charge in [-0.05, 0) is 24.1 Å². The average molecular weight is 586 g/mol. The van der Waals surface area contributed by atoms with Crippen LogP contribution in [0.5, 0.6) is 0 Å². The van der Waals surface area contributed by atoms with Crippen molar-refractivity contribution in [3.63, 3.8) is 0 Å². The Bertz CT molecular complexity index is 1720. The summed E-state index contributed by atoms with van der Waals surface area (Å²) in [5.74, 6) is -2.77. The van der Waals surface area contributed by atoms with Crippen molar-refractivity contribution < 1.29 is 40.7 Å². The van der Waals surface area contributed by atoms with Crippen molar-refractivity contribution in [3.8, 4) is 0 Å². The highest BCUT2D eigenvalue weighted by Gasteiger charge is 2.33. The number of carbonyl (C=O) groups is 2. The van der Waals surface area contributed by atoms with Crippen molar-refractivity contribution in [1.29, 1.82) is 0 Å². The van der Waals surface area contributed by atoms with Gasteiger partial charge in [-0.1, -0.05) is 54.6 Å². The van der Waals surface area contributed by atoms with Crippen molar-refractivity contribution in [2.24, 2.45) is 0 Å². The molecule has 1 heterocycles. The normalized spacial score (nSPS) is 12.0. The van der Waals surface area contributed by atoms with E-state index in [1.165, 1.54) is 0 Å². The monoisotopic (exact) mass is 585 g/mol. The number of pyridine rings is 1. The number of benzene rings is 3. The summed E-state index contributed by atoms with van der Waals surface area (Å²) in [5.41, 5.74) is 1.78. The van der Waals surface area contributed by atoms with Crippen LogP contribution in [0.4, 0.5) is 0 Å². The van der Waals surface area contributed by atoms with Crippen molar-refractivity contribution in [3.05, 3.63) is 90.0 Å². The first-order valence-electron chi connectivity index (χ1n) is 12.6. The molecule has 0 bridgehead atoms. The quantitative estimate of drug-likeness (QED) is 0.146. The van der Waals surface area contributed by atoms with Crippen LogP contribution in [-0.4, -0.2) is 55.0 Å². The zero-order valence-electron chi connectivity index (χ0n) is 21.5. The largest absolute Gasteiger partial charge is 0.481 e. The summed E-state index contributed by atoms with van der Waals surface area (Å²) >= 11 is 0. The van der Waals surface area contributed by atoms with E-state index in [1.54, 1.807) is 78.9 Å². The summed E-state index contributed by atoms with van der Waals surface area (Å²) in [5, 5.41) is 10.1. The molecule has 0 saturated heterocycles. The van der Waals surface area contributed by atoms with Crippen LogP contribution in [-0.2, 0) is 37.2 Å². The minimum Gasteiger partial charge on any atom is -0.481 e. The molecule has 0 fully saturated rings. The summed E-state index contributed by atoms with van der Waals surface area (Å²) in [6, 6.07) is 22.2. The molecule has 4 rings (SSSR count). The number of fused-ring (bicyclic) bond motifs is 2. The van der Waals surface area contributed by atoms with Crippen LogP contribution in [0.2, 0.25) is 0 Å². The van der Waals surface area contributed by atoms with Gasteiger partial charge in [-0.15, -0.1) is 0 Å². The minimum absolute atomic E-state index is 0.0621. The van der Waals surface area contributed by atoms with Gasteiger partial charge in [-0.3, -0.25) is 14.1 Å². The molecular weight excluding hydrogens is 556 g/mol. The topological polar surface area (TPSA) is 150 Å². The lowest BCUT2D eigenvalue weighted by Gasteiger charge is -2.24. The maximum atomic E-state index is 14.2. The van der Waals surface area contributed by atoms with Gasteiger partial charge in [-0.2, -0.15) is 13.0 Å². The van der Waals surface area contributed by atoms with Crippen LogP contribution in [0.1, 0.15) is 35.2 Å². The second-order valence-corrected chi connectivity index (χ2v) is 12.8. The molecule has 1 aromatic heterocycles. The van der Waals surface area contributed by atoms with Gasteiger partial charge in [0, 0.05) is 31.5 Å². The first kappa shape index (κ1) is 29.1. The molecule has 0 atom stereocenters. The second-order valence-electron chi connectivity index (χ2n) is 9.32. The van der Waals surface area contributed by atoms with Gasteiger partial charge in [0.2, 0.25) is 21.1 Å². The number of aliphatic carboxylic acids is 1. The first-order valence-corrected chi connectivity index (χ1v) is 15.8. The van der Waals surface area contributed by atoms with Gasteiger partial charge in [0.1, 0.15) is 0 Å². The summed E-state index contributed by atoms with van der Waals surface area (Å²) < 4.78 is 61.7. The number of aryl methyl sites for hydroxylation is 1. The van der Waals surface area contributed by atoms with E-state index in [2.05, 4.69) is 0 Å². The Hall–Kier alpha value is -3.87. The van der Waals surface area contributed by atoms with Crippen LogP contribution in [0.3, 0.4) is 0 Å². The maximum absolute atomic E-state index is 14.2. The number of hydrogen-bond donors (Lipinski definition) is 2. The molecule has 0 aliphatic heterocycles. The van der Waals surface area contributed by atoms with Crippen LogP contribution in [0.15, 0.2) is 78.9 Å². The molecule has 2 N–H and O–H groups in total. The van der Waals surface area contributed by atoms with Crippen LogP contribution in [0.25, 0.3) is 21.8 Å². The lowest BCUT2D eigenvalue weighted by Crippen LogP contribution is -2.41. The number of sulfonamides is 1. The summed E-state index contributed by atoms with van der Waals surface area (Å²) in [7, 11) is -8.38. The molecular formula is C28H29N2O8S2+. The molecule has 210 valence electrons. The number of rotatable bonds is 12. The highest BCUT2D eigenvalue weighted by Crippen LogP contribution is 2.28. The molecule has 0 saturated carbocycles. The van der Waals surface area contributed by atoms with Crippen molar-refractivity contribution in [2.45, 2.75) is 31.6 Å². The van der Waals surface area contributed by atoms with E-state index >= 15 is 0 Å². The smallest absolute Gasteiger partial charge is 0.303 e. The summed E-state index contributed by atoms with van der Waals surface area (Å²) in [4.78, 5) is 25.4. The number of para-hydroxylation sites is 2. The highest BCUT2D eigenvalue weighted by atomic mass is 32.2. The first-order chi connectivity index (χ1) is 19.0. The molecule has 40 heavy (non-hydrogen) atoms. The molecule has 4 aromatic rings. The number of hydrogen-bond acceptors (Lipinski definition) is 6. The lowest BCUT2D eigenvalue weighted by molar-refractivity contribution is -0.645. The van der Waals surface area contributed by atoms with Gasteiger partial charge in [-0.25, -0.2) is 12.7 Å². The Morgan fingerprint density at radius 3 is 1.88 bits per heavy atom. The number of amides is 1. The van der Waals surface area contributed by atoms with E-state index in [1.807, 2.05) is 4.57 Å². The van der Waals surface area contributed by atoms with Crippen LogP contribution >= 0.6 is 0 Å². The molecule has 0 radical (unpaired) electrons. The molecule has 3 aromatic carbocycles. The van der Waals surface area contributed by atoms with Crippen LogP contribution in [0, 0.1) is 0 Å². The zero-order valence-corrected chi connectivity index (χ0v) is 23.1. The molecule has 0 unspecified atom stereocenters. The molecule has 1 amide bonds. The predicted molar refractivity (Wildman–Crippen MR) is 150 cm³/mol. The van der Waals surface area contributed by atoms with E-state index in [0.29, 0.717) is 27.4 Å². The van der Waals surface area contributed by atoms with Gasteiger partial charge in [0.25, 0.3) is 16.0 Å². The number of aromatic nitrogens is 1. The number of carboxylic acids is 1. The molecule has 0 aliphatic rings. The van der Waals surface area contributed by atoms with Gasteiger partial charge >= 0.3 is 5.97 Å². The fourth-order valence-corrected chi connectivity index (χ4v) is 6.74. The number of carbonyl (C=O) groups excluding carboxylic acids is 1. The van der Waals surface area contributed by atoms with E-state index < -0.39 is 43.5 Å². The summed E-state index contributed by atoms with van der Waals surface area (Å²) in [6.45, 7) is -0.101. The van der Waals surface area contributed by atoms with E-state index in [4.69, 9.17) is 5.11 Å². The molecule has 12 heteroatoms. The molecule has 0 aliphatic carbocycles. The Balaban J connectivity index is 1.86. The third-order valence-corrected chi connectivity index (χ3v) is 8.95. The fraction of sp³-hybridized carbons (Fsp3) is 0.250. The number of carboxylic acid groups (broad SMARTS) is 1. The standard InChI is InChI=1S/C28H28N2O8S2/c31-26(32)16-8-18-30(39(34,35)20-21-10-2-1-3-11-21)28(33)27-22-12-4-6-14-24(22)29(17-9-19-40(36,37)38)25-15-7-5-13-23(25)27/h1-7,10-15H,8-9,16-20H2,(H-,31,32,36,37,38)/p+1. The third kappa shape index (κ3) is 6.82. The Morgan fingerprint density at radius 2 is 1.32 bits per heavy atom. The van der Waals surface area contributed by atoms with Gasteiger partial charge < -0.3 is 5.11 Å². The number of nitrogens with zero attached hydrogens (tertiary/aromatic N) is 2. The Labute approximate surface area is 232 Å².